The molecule has 134 valence electrons. The lowest BCUT2D eigenvalue weighted by Gasteiger charge is -2.30. The summed E-state index contributed by atoms with van der Waals surface area (Å²) in [5.41, 5.74) is 1.76. The second kappa shape index (κ2) is 7.45. The van der Waals surface area contributed by atoms with E-state index >= 15 is 0 Å². The molecule has 0 radical (unpaired) electrons. The first-order valence-corrected chi connectivity index (χ1v) is 9.94. The number of hydrogen-bond donors (Lipinski definition) is 1. The van der Waals surface area contributed by atoms with E-state index in [0.29, 0.717) is 23.9 Å². The molecule has 0 bridgehead atoms. The van der Waals surface area contributed by atoms with Crippen LogP contribution in [-0.4, -0.2) is 32.9 Å². The number of piperidine rings is 1. The molecule has 1 aliphatic heterocycles. The summed E-state index contributed by atoms with van der Waals surface area (Å²) in [6, 6.07) is 14.5. The highest BCUT2D eigenvalue weighted by Gasteiger charge is 2.28. The van der Waals surface area contributed by atoms with Crippen molar-refractivity contribution in [3.63, 3.8) is 0 Å². The van der Waals surface area contributed by atoms with Crippen LogP contribution in [-0.2, 0) is 10.0 Å². The largest absolute Gasteiger partial charge is 0.497 e. The van der Waals surface area contributed by atoms with Crippen molar-refractivity contribution in [1.82, 2.24) is 4.31 Å². The van der Waals surface area contributed by atoms with Crippen LogP contribution in [0.25, 0.3) is 0 Å². The molecule has 1 N–H and O–H groups in total. The minimum Gasteiger partial charge on any atom is -0.497 e. The average Bonchev–Trinajstić information content (AvgIpc) is 2.63. The van der Waals surface area contributed by atoms with Crippen LogP contribution < -0.4 is 10.1 Å². The minimum atomic E-state index is -3.40. The molecule has 0 amide bonds. The summed E-state index contributed by atoms with van der Waals surface area (Å²) in [6.45, 7) is 3.32. The van der Waals surface area contributed by atoms with Crippen molar-refractivity contribution in [2.75, 3.05) is 25.5 Å². The van der Waals surface area contributed by atoms with E-state index in [0.717, 1.165) is 30.0 Å². The summed E-state index contributed by atoms with van der Waals surface area (Å²) in [5, 5.41) is 3.26. The van der Waals surface area contributed by atoms with Gasteiger partial charge in [0.15, 0.2) is 0 Å². The van der Waals surface area contributed by atoms with Gasteiger partial charge < -0.3 is 10.1 Å². The molecule has 25 heavy (non-hydrogen) atoms. The topological polar surface area (TPSA) is 58.6 Å². The number of ether oxygens (including phenoxy) is 1. The molecule has 1 aliphatic rings. The minimum absolute atomic E-state index is 0.349. The molecule has 1 fully saturated rings. The van der Waals surface area contributed by atoms with Gasteiger partial charge in [0, 0.05) is 24.5 Å². The lowest BCUT2D eigenvalue weighted by Crippen LogP contribution is -2.39. The lowest BCUT2D eigenvalue weighted by atomic mass is 10.0. The Morgan fingerprint density at radius 1 is 1.04 bits per heavy atom. The lowest BCUT2D eigenvalue weighted by molar-refractivity contribution is 0.281. The molecule has 1 atom stereocenters. The molecular weight excluding hydrogens is 336 g/mol. The summed E-state index contributed by atoms with van der Waals surface area (Å²) in [5.74, 6) is 1.21. The highest BCUT2D eigenvalue weighted by molar-refractivity contribution is 7.89. The highest BCUT2D eigenvalue weighted by atomic mass is 32.2. The maximum atomic E-state index is 12.8. The molecule has 5 nitrogen and oxygen atoms in total. The normalized spacial score (nSPS) is 18.7. The number of methoxy groups -OCH3 is 1. The Kier molecular flexibility index (Phi) is 5.30. The molecule has 0 saturated carbocycles. The van der Waals surface area contributed by atoms with Crippen molar-refractivity contribution < 1.29 is 13.2 Å². The molecule has 0 aromatic heterocycles. The van der Waals surface area contributed by atoms with Crippen molar-refractivity contribution in [3.8, 4) is 5.75 Å². The molecule has 0 aliphatic carbocycles. The Morgan fingerprint density at radius 2 is 1.64 bits per heavy atom. The average molecular weight is 360 g/mol. The van der Waals surface area contributed by atoms with E-state index in [1.54, 1.807) is 35.7 Å². The molecular formula is C19H24N2O3S. The molecule has 6 heteroatoms. The van der Waals surface area contributed by atoms with Crippen LogP contribution in [0.1, 0.15) is 19.8 Å². The molecule has 0 spiro atoms. The predicted molar refractivity (Wildman–Crippen MR) is 99.9 cm³/mol. The van der Waals surface area contributed by atoms with Gasteiger partial charge >= 0.3 is 0 Å². The maximum absolute atomic E-state index is 12.8. The van der Waals surface area contributed by atoms with Gasteiger partial charge in [-0.25, -0.2) is 8.42 Å². The number of hydrogen-bond acceptors (Lipinski definition) is 4. The van der Waals surface area contributed by atoms with Gasteiger partial charge in [0.2, 0.25) is 10.0 Å². The van der Waals surface area contributed by atoms with Gasteiger partial charge in [-0.2, -0.15) is 4.31 Å². The summed E-state index contributed by atoms with van der Waals surface area (Å²) < 4.78 is 32.3. The molecule has 1 saturated heterocycles. The van der Waals surface area contributed by atoms with E-state index in [1.165, 1.54) is 0 Å². The zero-order valence-electron chi connectivity index (χ0n) is 14.6. The van der Waals surface area contributed by atoms with Crippen LogP contribution in [0.2, 0.25) is 0 Å². The number of sulfonamides is 1. The molecule has 3 rings (SSSR count). The maximum Gasteiger partial charge on any atom is 0.243 e. The third-order valence-electron chi connectivity index (χ3n) is 4.49. The van der Waals surface area contributed by atoms with Crippen LogP contribution in [0, 0.1) is 5.92 Å². The van der Waals surface area contributed by atoms with Gasteiger partial charge in [0.25, 0.3) is 0 Å². The van der Waals surface area contributed by atoms with E-state index in [9.17, 15) is 8.42 Å². The standard InChI is InChI=1S/C19H24N2O3S/c1-15-4-3-13-21(14-15)25(22,23)19-11-7-17(8-12-19)20-16-5-9-18(24-2)10-6-16/h5-12,15,20H,3-4,13-14H2,1-2H3. The van der Waals surface area contributed by atoms with Gasteiger partial charge in [-0.15, -0.1) is 0 Å². The first-order chi connectivity index (χ1) is 12.0. The Balaban J connectivity index is 1.72. The fraction of sp³-hybridized carbons (Fsp3) is 0.368. The fourth-order valence-corrected chi connectivity index (χ4v) is 4.66. The van der Waals surface area contributed by atoms with Crippen LogP contribution >= 0.6 is 0 Å². The van der Waals surface area contributed by atoms with E-state index in [2.05, 4.69) is 12.2 Å². The Hall–Kier alpha value is -2.05. The number of benzene rings is 2. The van der Waals surface area contributed by atoms with E-state index in [1.807, 2.05) is 24.3 Å². The van der Waals surface area contributed by atoms with Crippen molar-refractivity contribution in [1.29, 1.82) is 0 Å². The molecule has 1 heterocycles. The zero-order valence-corrected chi connectivity index (χ0v) is 15.4. The molecule has 1 unspecified atom stereocenters. The number of anilines is 2. The van der Waals surface area contributed by atoms with E-state index < -0.39 is 10.0 Å². The van der Waals surface area contributed by atoms with Crippen LogP contribution in [0.3, 0.4) is 0 Å². The number of rotatable bonds is 5. The van der Waals surface area contributed by atoms with E-state index in [4.69, 9.17) is 4.74 Å². The summed E-state index contributed by atoms with van der Waals surface area (Å²) >= 11 is 0. The van der Waals surface area contributed by atoms with E-state index in [-0.39, 0.29) is 0 Å². The second-order valence-electron chi connectivity index (χ2n) is 6.49. The van der Waals surface area contributed by atoms with Gasteiger partial charge in [-0.3, -0.25) is 0 Å². The van der Waals surface area contributed by atoms with Gasteiger partial charge in [0.1, 0.15) is 5.75 Å². The quantitative estimate of drug-likeness (QED) is 0.880. The first kappa shape index (κ1) is 17.8. The first-order valence-electron chi connectivity index (χ1n) is 8.50. The third-order valence-corrected chi connectivity index (χ3v) is 6.37. The third kappa shape index (κ3) is 4.14. The van der Waals surface area contributed by atoms with Crippen LogP contribution in [0.4, 0.5) is 11.4 Å². The Bertz CT molecular complexity index is 802. The SMILES string of the molecule is COc1ccc(Nc2ccc(S(=O)(=O)N3CCCC(C)C3)cc2)cc1. The van der Waals surface area contributed by atoms with Crippen molar-refractivity contribution in [3.05, 3.63) is 48.5 Å². The summed E-state index contributed by atoms with van der Waals surface area (Å²) in [6.07, 6.45) is 2.02. The predicted octanol–water partition coefficient (Wildman–Crippen LogP) is 3.86. The van der Waals surface area contributed by atoms with Crippen molar-refractivity contribution in [2.24, 2.45) is 5.92 Å². The van der Waals surface area contributed by atoms with Crippen LogP contribution in [0.15, 0.2) is 53.4 Å². The van der Waals surface area contributed by atoms with Gasteiger partial charge in [-0.1, -0.05) is 6.92 Å². The van der Waals surface area contributed by atoms with Gasteiger partial charge in [-0.05, 0) is 67.3 Å². The molecule has 2 aromatic rings. The monoisotopic (exact) mass is 360 g/mol. The fourth-order valence-electron chi connectivity index (χ4n) is 3.06. The Labute approximate surface area is 149 Å². The van der Waals surface area contributed by atoms with Crippen LogP contribution in [0.5, 0.6) is 5.75 Å². The second-order valence-corrected chi connectivity index (χ2v) is 8.43. The Morgan fingerprint density at radius 3 is 2.20 bits per heavy atom. The summed E-state index contributed by atoms with van der Waals surface area (Å²) in [4.78, 5) is 0.349. The number of nitrogens with zero attached hydrogens (tertiary/aromatic N) is 1. The summed E-state index contributed by atoms with van der Waals surface area (Å²) in [7, 11) is -1.77. The number of nitrogens with one attached hydrogen (secondary N) is 1. The highest BCUT2D eigenvalue weighted by Crippen LogP contribution is 2.25. The van der Waals surface area contributed by atoms with Crippen molar-refractivity contribution >= 4 is 21.4 Å². The van der Waals surface area contributed by atoms with Crippen molar-refractivity contribution in [2.45, 2.75) is 24.7 Å². The molecule has 2 aromatic carbocycles. The smallest absolute Gasteiger partial charge is 0.243 e. The zero-order chi connectivity index (χ0) is 17.9. The van der Waals surface area contributed by atoms with Gasteiger partial charge in [0.05, 0.1) is 12.0 Å².